The summed E-state index contributed by atoms with van der Waals surface area (Å²) in [6.07, 6.45) is 7.41. The molecule has 0 saturated heterocycles. The van der Waals surface area contributed by atoms with Crippen LogP contribution in [-0.4, -0.2) is 47.5 Å². The molecule has 0 aliphatic carbocycles. The van der Waals surface area contributed by atoms with Crippen molar-refractivity contribution in [2.75, 3.05) is 32.1 Å². The van der Waals surface area contributed by atoms with Crippen molar-refractivity contribution in [3.05, 3.63) is 48.4 Å². The minimum atomic E-state index is 0.0435. The topological polar surface area (TPSA) is 67.4 Å². The highest BCUT2D eigenvalue weighted by molar-refractivity contribution is 6.04. The molecule has 2 aromatic carbocycles. The normalized spacial score (nSPS) is 11.2. The second kappa shape index (κ2) is 13.0. The van der Waals surface area contributed by atoms with Crippen LogP contribution in [0.15, 0.2) is 42.6 Å². The van der Waals surface area contributed by atoms with Crippen LogP contribution >= 0.6 is 0 Å². The summed E-state index contributed by atoms with van der Waals surface area (Å²) in [7, 11) is 1.65. The third kappa shape index (κ3) is 7.00. The summed E-state index contributed by atoms with van der Waals surface area (Å²) < 4.78 is 5.43. The first-order valence-corrected chi connectivity index (χ1v) is 12.5. The molecule has 0 radical (unpaired) electrons. The molecule has 182 valence electrons. The molecule has 1 N–H and O–H groups in total. The van der Waals surface area contributed by atoms with Gasteiger partial charge in [0.15, 0.2) is 0 Å². The lowest BCUT2D eigenvalue weighted by molar-refractivity contribution is -0.116. The van der Waals surface area contributed by atoms with Gasteiger partial charge in [-0.1, -0.05) is 39.7 Å². The van der Waals surface area contributed by atoms with Crippen molar-refractivity contribution in [3.8, 4) is 17.0 Å². The van der Waals surface area contributed by atoms with Crippen LogP contribution in [-0.2, 0) is 11.2 Å². The standard InChI is InChI=1S/C28H38N4O2/c1-5-27-29-16-15-25(30-27)22-18-21-13-14-23(34-4)20-24(21)26(19-22)31-28(33)12-10-8-9-11-17-32(6-2)7-3/h13-16,18-20H,5-12,17H2,1-4H3,(H,31,33). The fraction of sp³-hybridized carbons (Fsp3) is 0.464. The van der Waals surface area contributed by atoms with Crippen molar-refractivity contribution < 1.29 is 9.53 Å². The van der Waals surface area contributed by atoms with Gasteiger partial charge in [-0.05, 0) is 68.2 Å². The Labute approximate surface area is 203 Å². The maximum atomic E-state index is 12.8. The highest BCUT2D eigenvalue weighted by Gasteiger charge is 2.12. The van der Waals surface area contributed by atoms with E-state index in [0.717, 1.165) is 84.6 Å². The number of carbonyl (C=O) groups is 1. The Bertz CT molecular complexity index is 1080. The van der Waals surface area contributed by atoms with E-state index in [9.17, 15) is 4.79 Å². The van der Waals surface area contributed by atoms with Crippen LogP contribution in [0.4, 0.5) is 5.69 Å². The smallest absolute Gasteiger partial charge is 0.224 e. The number of nitrogens with zero attached hydrogens (tertiary/aromatic N) is 3. The van der Waals surface area contributed by atoms with E-state index in [0.29, 0.717) is 6.42 Å². The lowest BCUT2D eigenvalue weighted by Crippen LogP contribution is -2.23. The maximum Gasteiger partial charge on any atom is 0.224 e. The van der Waals surface area contributed by atoms with Crippen LogP contribution in [0.5, 0.6) is 5.75 Å². The van der Waals surface area contributed by atoms with Gasteiger partial charge in [0.1, 0.15) is 11.6 Å². The molecule has 1 aromatic heterocycles. The van der Waals surface area contributed by atoms with Gasteiger partial charge in [-0.25, -0.2) is 9.97 Å². The van der Waals surface area contributed by atoms with Gasteiger partial charge in [-0.2, -0.15) is 0 Å². The lowest BCUT2D eigenvalue weighted by atomic mass is 10.0. The van der Waals surface area contributed by atoms with Gasteiger partial charge in [0.05, 0.1) is 12.8 Å². The molecule has 0 saturated carbocycles. The first-order chi connectivity index (χ1) is 16.6. The van der Waals surface area contributed by atoms with Gasteiger partial charge in [0, 0.05) is 35.7 Å². The van der Waals surface area contributed by atoms with Crippen molar-refractivity contribution >= 4 is 22.4 Å². The number of hydrogen-bond donors (Lipinski definition) is 1. The number of benzene rings is 2. The number of aryl methyl sites for hydroxylation is 1. The van der Waals surface area contributed by atoms with Crippen LogP contribution in [0.1, 0.15) is 58.7 Å². The van der Waals surface area contributed by atoms with E-state index in [1.54, 1.807) is 13.3 Å². The summed E-state index contributed by atoms with van der Waals surface area (Å²) in [6.45, 7) is 9.80. The number of nitrogens with one attached hydrogen (secondary N) is 1. The number of amides is 1. The van der Waals surface area contributed by atoms with Crippen molar-refractivity contribution in [1.82, 2.24) is 14.9 Å². The predicted octanol–water partition coefficient (Wildman–Crippen LogP) is 6.10. The van der Waals surface area contributed by atoms with Crippen LogP contribution < -0.4 is 10.1 Å². The highest BCUT2D eigenvalue weighted by Crippen LogP contribution is 2.33. The Hall–Kier alpha value is -2.99. The molecule has 1 amide bonds. The molecule has 0 aliphatic rings. The Kier molecular flexibility index (Phi) is 9.83. The highest BCUT2D eigenvalue weighted by atomic mass is 16.5. The van der Waals surface area contributed by atoms with E-state index in [-0.39, 0.29) is 5.91 Å². The number of aromatic nitrogens is 2. The second-order valence-corrected chi connectivity index (χ2v) is 8.56. The molecule has 0 atom stereocenters. The molecular weight excluding hydrogens is 424 g/mol. The largest absolute Gasteiger partial charge is 0.497 e. The van der Waals surface area contributed by atoms with E-state index < -0.39 is 0 Å². The monoisotopic (exact) mass is 462 g/mol. The van der Waals surface area contributed by atoms with Crippen LogP contribution in [0.25, 0.3) is 22.0 Å². The number of fused-ring (bicyclic) bond motifs is 1. The summed E-state index contributed by atoms with van der Waals surface area (Å²) in [5.41, 5.74) is 2.60. The Morgan fingerprint density at radius 1 is 1.00 bits per heavy atom. The SMILES string of the molecule is CCc1nccc(-c2cc(NC(=O)CCCCCCN(CC)CC)c3cc(OC)ccc3c2)n1. The first-order valence-electron chi connectivity index (χ1n) is 12.5. The number of unbranched alkanes of at least 4 members (excludes halogenated alkanes) is 3. The molecule has 0 spiro atoms. The van der Waals surface area contributed by atoms with E-state index in [1.165, 1.54) is 6.42 Å². The molecule has 0 unspecified atom stereocenters. The van der Waals surface area contributed by atoms with E-state index in [1.807, 2.05) is 37.3 Å². The van der Waals surface area contributed by atoms with E-state index >= 15 is 0 Å². The summed E-state index contributed by atoms with van der Waals surface area (Å²) >= 11 is 0. The molecule has 6 nitrogen and oxygen atoms in total. The summed E-state index contributed by atoms with van der Waals surface area (Å²) in [5.74, 6) is 1.61. The summed E-state index contributed by atoms with van der Waals surface area (Å²) in [5, 5.41) is 5.14. The second-order valence-electron chi connectivity index (χ2n) is 8.56. The Morgan fingerprint density at radius 3 is 2.53 bits per heavy atom. The van der Waals surface area contributed by atoms with E-state index in [4.69, 9.17) is 4.74 Å². The number of hydrogen-bond acceptors (Lipinski definition) is 5. The van der Waals surface area contributed by atoms with Crippen molar-refractivity contribution in [3.63, 3.8) is 0 Å². The third-order valence-electron chi connectivity index (χ3n) is 6.28. The van der Waals surface area contributed by atoms with Crippen LogP contribution in [0, 0.1) is 0 Å². The fourth-order valence-corrected chi connectivity index (χ4v) is 4.17. The zero-order chi connectivity index (χ0) is 24.3. The molecule has 3 aromatic rings. The number of anilines is 1. The molecule has 0 bridgehead atoms. The van der Waals surface area contributed by atoms with Crippen molar-refractivity contribution in [2.24, 2.45) is 0 Å². The van der Waals surface area contributed by atoms with Crippen molar-refractivity contribution in [2.45, 2.75) is 59.3 Å². The molecular formula is C28H38N4O2. The number of rotatable bonds is 13. The lowest BCUT2D eigenvalue weighted by Gasteiger charge is -2.17. The average molecular weight is 463 g/mol. The van der Waals surface area contributed by atoms with Gasteiger partial charge in [0.25, 0.3) is 0 Å². The van der Waals surface area contributed by atoms with Gasteiger partial charge in [-0.3, -0.25) is 4.79 Å². The van der Waals surface area contributed by atoms with Gasteiger partial charge in [0.2, 0.25) is 5.91 Å². The van der Waals surface area contributed by atoms with Gasteiger partial charge < -0.3 is 15.0 Å². The predicted molar refractivity (Wildman–Crippen MR) is 140 cm³/mol. The zero-order valence-electron chi connectivity index (χ0n) is 21.1. The molecule has 0 fully saturated rings. The molecule has 0 aliphatic heterocycles. The molecule has 34 heavy (non-hydrogen) atoms. The number of carbonyl (C=O) groups excluding carboxylic acids is 1. The minimum Gasteiger partial charge on any atom is -0.497 e. The van der Waals surface area contributed by atoms with Gasteiger partial charge in [-0.15, -0.1) is 0 Å². The Balaban J connectivity index is 1.71. The third-order valence-corrected chi connectivity index (χ3v) is 6.28. The quantitative estimate of drug-likeness (QED) is 0.311. The molecule has 6 heteroatoms. The molecule has 1 heterocycles. The summed E-state index contributed by atoms with van der Waals surface area (Å²) in [4.78, 5) is 24.2. The van der Waals surface area contributed by atoms with Gasteiger partial charge >= 0.3 is 0 Å². The average Bonchev–Trinajstić information content (AvgIpc) is 2.88. The maximum absolute atomic E-state index is 12.8. The first kappa shape index (κ1) is 25.6. The number of methoxy groups -OCH3 is 1. The zero-order valence-corrected chi connectivity index (χ0v) is 21.1. The van der Waals surface area contributed by atoms with Crippen LogP contribution in [0.3, 0.4) is 0 Å². The molecule has 3 rings (SSSR count). The number of ether oxygens (including phenoxy) is 1. The Morgan fingerprint density at radius 2 is 1.79 bits per heavy atom. The van der Waals surface area contributed by atoms with Crippen molar-refractivity contribution in [1.29, 1.82) is 0 Å². The van der Waals surface area contributed by atoms with E-state index in [2.05, 4.69) is 40.1 Å². The van der Waals surface area contributed by atoms with Crippen LogP contribution in [0.2, 0.25) is 0 Å². The minimum absolute atomic E-state index is 0.0435. The fourth-order valence-electron chi connectivity index (χ4n) is 4.17. The summed E-state index contributed by atoms with van der Waals surface area (Å²) in [6, 6.07) is 11.9.